The fraction of sp³-hybridized carbons (Fsp3) is 0.357. The molecule has 2 N–H and O–H groups in total. The molecule has 0 saturated carbocycles. The van der Waals surface area contributed by atoms with Gasteiger partial charge in [0.25, 0.3) is 0 Å². The van der Waals surface area contributed by atoms with Crippen LogP contribution in [0.5, 0.6) is 5.75 Å². The Labute approximate surface area is 215 Å². The van der Waals surface area contributed by atoms with Gasteiger partial charge in [0.15, 0.2) is 5.78 Å². The van der Waals surface area contributed by atoms with Gasteiger partial charge in [-0.15, -0.1) is 0 Å². The highest BCUT2D eigenvalue weighted by Crippen LogP contribution is 2.49. The van der Waals surface area contributed by atoms with Crippen molar-refractivity contribution in [2.24, 2.45) is 11.1 Å². The highest BCUT2D eigenvalue weighted by atomic mass is 79.9. The summed E-state index contributed by atoms with van der Waals surface area (Å²) in [4.78, 5) is 15.4. The molecule has 0 aromatic heterocycles. The zero-order chi connectivity index (χ0) is 25.2. The van der Waals surface area contributed by atoms with Crippen LogP contribution in [0, 0.1) is 16.7 Å². The lowest BCUT2D eigenvalue weighted by molar-refractivity contribution is -0.118. The summed E-state index contributed by atoms with van der Waals surface area (Å²) in [5.74, 6) is 0.696. The minimum atomic E-state index is -0.488. The molecular weight excluding hydrogens is 506 g/mol. The summed E-state index contributed by atoms with van der Waals surface area (Å²) in [6, 6.07) is 17.9. The van der Waals surface area contributed by atoms with Gasteiger partial charge in [0.2, 0.25) is 0 Å². The van der Waals surface area contributed by atoms with E-state index in [1.165, 1.54) is 0 Å². The van der Waals surface area contributed by atoms with E-state index in [0.29, 0.717) is 49.6 Å². The van der Waals surface area contributed by atoms with E-state index in [9.17, 15) is 10.1 Å². The number of carbonyl (C=O) groups excluding carboxylic acids is 1. The molecule has 0 fully saturated rings. The molecule has 1 aliphatic heterocycles. The Morgan fingerprint density at radius 2 is 1.83 bits per heavy atom. The molecule has 35 heavy (non-hydrogen) atoms. The number of ether oxygens (including phenoxy) is 2. The van der Waals surface area contributed by atoms with Crippen LogP contribution in [0.2, 0.25) is 0 Å². The quantitative estimate of drug-likeness (QED) is 0.509. The van der Waals surface area contributed by atoms with Crippen molar-refractivity contribution in [1.82, 2.24) is 4.90 Å². The van der Waals surface area contributed by atoms with Gasteiger partial charge in [-0.1, -0.05) is 54.0 Å². The number of nitrogens with two attached hydrogens (primary N) is 1. The number of carbonyl (C=O) groups is 1. The minimum Gasteiger partial charge on any atom is -0.489 e. The van der Waals surface area contributed by atoms with Crippen LogP contribution in [0.3, 0.4) is 0 Å². The van der Waals surface area contributed by atoms with Crippen LogP contribution in [0.15, 0.2) is 75.7 Å². The Bertz CT molecular complexity index is 1210. The fourth-order valence-corrected chi connectivity index (χ4v) is 5.11. The average molecular weight is 536 g/mol. The second-order valence-corrected chi connectivity index (χ2v) is 10.7. The number of nitriles is 1. The van der Waals surface area contributed by atoms with Gasteiger partial charge in [0.1, 0.15) is 18.2 Å². The van der Waals surface area contributed by atoms with Crippen molar-refractivity contribution < 1.29 is 14.3 Å². The summed E-state index contributed by atoms with van der Waals surface area (Å²) in [7, 11) is 1.63. The summed E-state index contributed by atoms with van der Waals surface area (Å²) < 4.78 is 12.2. The average Bonchev–Trinajstić information content (AvgIpc) is 2.82. The lowest BCUT2D eigenvalue weighted by atomic mass is 9.68. The number of halogens is 1. The van der Waals surface area contributed by atoms with Gasteiger partial charge in [-0.05, 0) is 47.2 Å². The first kappa shape index (κ1) is 25.0. The number of nitrogens with zero attached hydrogens (tertiary/aromatic N) is 2. The van der Waals surface area contributed by atoms with Crippen molar-refractivity contribution in [2.75, 3.05) is 20.3 Å². The highest BCUT2D eigenvalue weighted by Gasteiger charge is 2.44. The summed E-state index contributed by atoms with van der Waals surface area (Å²) in [5, 5.41) is 10.1. The predicted molar refractivity (Wildman–Crippen MR) is 138 cm³/mol. The van der Waals surface area contributed by atoms with Gasteiger partial charge in [-0.25, -0.2) is 0 Å². The van der Waals surface area contributed by atoms with Gasteiger partial charge < -0.3 is 20.1 Å². The van der Waals surface area contributed by atoms with Crippen LogP contribution in [-0.4, -0.2) is 30.9 Å². The second-order valence-electron chi connectivity index (χ2n) is 9.77. The summed E-state index contributed by atoms with van der Waals surface area (Å²) in [6.45, 7) is 5.57. The third kappa shape index (κ3) is 5.29. The van der Waals surface area contributed by atoms with Crippen molar-refractivity contribution >= 4 is 21.7 Å². The highest BCUT2D eigenvalue weighted by molar-refractivity contribution is 9.10. The molecular formula is C28H30BrN3O3. The maximum Gasteiger partial charge on any atom is 0.162 e. The molecule has 1 aliphatic carbocycles. The van der Waals surface area contributed by atoms with Gasteiger partial charge >= 0.3 is 0 Å². The molecule has 2 aromatic carbocycles. The number of hydrogen-bond acceptors (Lipinski definition) is 6. The zero-order valence-electron chi connectivity index (χ0n) is 20.3. The third-order valence-electron chi connectivity index (χ3n) is 6.54. The smallest absolute Gasteiger partial charge is 0.162 e. The lowest BCUT2D eigenvalue weighted by Gasteiger charge is -2.43. The van der Waals surface area contributed by atoms with E-state index in [1.54, 1.807) is 7.11 Å². The number of benzene rings is 2. The van der Waals surface area contributed by atoms with Crippen LogP contribution < -0.4 is 10.5 Å². The van der Waals surface area contributed by atoms with Gasteiger partial charge in [-0.3, -0.25) is 4.79 Å². The number of allylic oxidation sites excluding steroid dienone is 3. The molecule has 2 aliphatic rings. The second kappa shape index (κ2) is 10.3. The van der Waals surface area contributed by atoms with E-state index in [0.717, 1.165) is 27.0 Å². The summed E-state index contributed by atoms with van der Waals surface area (Å²) in [5.41, 5.74) is 10.3. The van der Waals surface area contributed by atoms with Crippen LogP contribution in [0.25, 0.3) is 0 Å². The van der Waals surface area contributed by atoms with Crippen molar-refractivity contribution in [3.05, 3.63) is 86.8 Å². The Hall–Kier alpha value is -3.08. The number of methoxy groups -OCH3 is 1. The Morgan fingerprint density at radius 1 is 1.14 bits per heavy atom. The molecule has 1 heterocycles. The Morgan fingerprint density at radius 3 is 2.46 bits per heavy atom. The summed E-state index contributed by atoms with van der Waals surface area (Å²) >= 11 is 3.44. The monoisotopic (exact) mass is 535 g/mol. The van der Waals surface area contributed by atoms with E-state index in [1.807, 2.05) is 53.4 Å². The van der Waals surface area contributed by atoms with E-state index >= 15 is 0 Å². The number of ketones is 1. The van der Waals surface area contributed by atoms with Crippen molar-refractivity contribution in [3.63, 3.8) is 0 Å². The molecule has 6 nitrogen and oxygen atoms in total. The molecule has 4 rings (SSSR count). The topological polar surface area (TPSA) is 88.6 Å². The van der Waals surface area contributed by atoms with Crippen molar-refractivity contribution in [2.45, 2.75) is 39.2 Å². The fourth-order valence-electron chi connectivity index (χ4n) is 4.85. The van der Waals surface area contributed by atoms with Crippen LogP contribution in [0.4, 0.5) is 0 Å². The van der Waals surface area contributed by atoms with Crippen LogP contribution >= 0.6 is 15.9 Å². The van der Waals surface area contributed by atoms with E-state index < -0.39 is 5.92 Å². The molecule has 0 amide bonds. The van der Waals surface area contributed by atoms with Crippen LogP contribution in [0.1, 0.15) is 43.7 Å². The molecule has 0 spiro atoms. The first-order chi connectivity index (χ1) is 16.7. The number of Topliss-reactive ketones (excluding diaryl/α,β-unsaturated/α-hetero) is 1. The van der Waals surface area contributed by atoms with Crippen molar-refractivity contribution in [1.29, 1.82) is 5.26 Å². The maximum atomic E-state index is 13.4. The molecule has 0 unspecified atom stereocenters. The summed E-state index contributed by atoms with van der Waals surface area (Å²) in [6.07, 6.45) is 1.15. The Kier molecular flexibility index (Phi) is 7.34. The van der Waals surface area contributed by atoms with Gasteiger partial charge in [0.05, 0.1) is 24.2 Å². The normalized spacial score (nSPS) is 19.5. The molecule has 0 bridgehead atoms. The predicted octanol–water partition coefficient (Wildman–Crippen LogP) is 5.41. The zero-order valence-corrected chi connectivity index (χ0v) is 21.9. The van der Waals surface area contributed by atoms with Gasteiger partial charge in [0, 0.05) is 35.8 Å². The maximum absolute atomic E-state index is 13.4. The van der Waals surface area contributed by atoms with Crippen LogP contribution in [-0.2, 0) is 16.1 Å². The Balaban J connectivity index is 1.67. The van der Waals surface area contributed by atoms with E-state index in [-0.39, 0.29) is 11.2 Å². The number of rotatable bonds is 7. The first-order valence-corrected chi connectivity index (χ1v) is 12.4. The number of hydrogen-bond donors (Lipinski definition) is 1. The standard InChI is InChI=1S/C28H30BrN3O3/c1-28(2)14-23-26(24(33)15-28)25(22(16-30)27(31)32(23)12-13-34-3)19-6-10-21(11-7-19)35-17-18-4-8-20(29)9-5-18/h4-11,25H,12-15,17,31H2,1-3H3/t25-/m1/s1. The SMILES string of the molecule is COCCN1C(N)=C(C#N)[C@@H](c2ccc(OCc3ccc(Br)cc3)cc2)C2=C1CC(C)(C)CC2=O. The molecule has 2 aromatic rings. The minimum absolute atomic E-state index is 0.0690. The molecule has 182 valence electrons. The molecule has 7 heteroatoms. The van der Waals surface area contributed by atoms with Crippen molar-refractivity contribution in [3.8, 4) is 11.8 Å². The molecule has 0 radical (unpaired) electrons. The van der Waals surface area contributed by atoms with Gasteiger partial charge in [-0.2, -0.15) is 5.26 Å². The van der Waals surface area contributed by atoms with E-state index in [4.69, 9.17) is 15.2 Å². The first-order valence-electron chi connectivity index (χ1n) is 11.6. The molecule has 1 atom stereocenters. The lowest BCUT2D eigenvalue weighted by Crippen LogP contribution is -2.43. The van der Waals surface area contributed by atoms with E-state index in [2.05, 4.69) is 35.8 Å². The molecule has 0 saturated heterocycles. The third-order valence-corrected chi connectivity index (χ3v) is 7.07. The largest absolute Gasteiger partial charge is 0.489 e.